The number of benzene rings is 3. The van der Waals surface area contributed by atoms with Gasteiger partial charge in [0.25, 0.3) is 0 Å². The number of hydrogen-bond acceptors (Lipinski definition) is 1. The van der Waals surface area contributed by atoms with Crippen molar-refractivity contribution < 1.29 is 0 Å². The van der Waals surface area contributed by atoms with Crippen LogP contribution in [0.4, 0.5) is 0 Å². The van der Waals surface area contributed by atoms with E-state index in [2.05, 4.69) is 95.5 Å². The second-order valence-electron chi connectivity index (χ2n) is 6.14. The second kappa shape index (κ2) is 6.45. The predicted octanol–water partition coefficient (Wildman–Crippen LogP) is 3.81. The molecule has 2 heterocycles. The van der Waals surface area contributed by atoms with Crippen LogP contribution in [0.15, 0.2) is 97.2 Å². The number of fused-ring (bicyclic) bond motifs is 2. The van der Waals surface area contributed by atoms with Gasteiger partial charge in [-0.05, 0) is 0 Å². The van der Waals surface area contributed by atoms with Crippen molar-refractivity contribution in [1.29, 1.82) is 0 Å². The average Bonchev–Trinajstić information content (AvgIpc) is 3.08. The van der Waals surface area contributed by atoms with Gasteiger partial charge in [-0.25, -0.2) is 0 Å². The zero-order valence-electron chi connectivity index (χ0n) is 14.0. The van der Waals surface area contributed by atoms with Gasteiger partial charge in [0, 0.05) is 0 Å². The molecule has 0 aliphatic carbocycles. The van der Waals surface area contributed by atoms with Gasteiger partial charge in [-0.15, -0.1) is 0 Å². The molecule has 26 heavy (non-hydrogen) atoms. The fourth-order valence-corrected chi connectivity index (χ4v) is 5.69. The van der Waals surface area contributed by atoms with Gasteiger partial charge < -0.3 is 0 Å². The fourth-order valence-electron chi connectivity index (χ4n) is 3.24. The Kier molecular flexibility index (Phi) is 3.82. The molecule has 3 heteroatoms. The molecule has 0 saturated heterocycles. The first-order valence-corrected chi connectivity index (χ1v) is 10.3. The molecule has 124 valence electrons. The molecular formula is C23H16N2Se. The van der Waals surface area contributed by atoms with Crippen molar-refractivity contribution in [3.8, 4) is 11.3 Å². The Morgan fingerprint density at radius 1 is 0.692 bits per heavy atom. The Morgan fingerprint density at radius 2 is 1.46 bits per heavy atom. The molecule has 0 aliphatic heterocycles. The molecule has 0 amide bonds. The zero-order chi connectivity index (χ0) is 17.3. The van der Waals surface area contributed by atoms with Gasteiger partial charge in [0.15, 0.2) is 0 Å². The first-order valence-electron chi connectivity index (χ1n) is 8.58. The summed E-state index contributed by atoms with van der Waals surface area (Å²) in [6, 6.07) is 31.9. The van der Waals surface area contributed by atoms with Gasteiger partial charge in [-0.1, -0.05) is 0 Å². The molecular weight excluding hydrogens is 383 g/mol. The van der Waals surface area contributed by atoms with Crippen LogP contribution in [0.5, 0.6) is 0 Å². The summed E-state index contributed by atoms with van der Waals surface area (Å²) >= 11 is 0.146. The third-order valence-corrected chi connectivity index (χ3v) is 6.92. The Labute approximate surface area is 158 Å². The molecule has 5 aromatic rings. The monoisotopic (exact) mass is 400 g/mol. The van der Waals surface area contributed by atoms with E-state index >= 15 is 0 Å². The van der Waals surface area contributed by atoms with Crippen LogP contribution in [0.2, 0.25) is 0 Å². The Balaban J connectivity index is 1.73. The van der Waals surface area contributed by atoms with E-state index in [9.17, 15) is 0 Å². The number of rotatable bonds is 3. The van der Waals surface area contributed by atoms with Crippen molar-refractivity contribution in [2.24, 2.45) is 0 Å². The summed E-state index contributed by atoms with van der Waals surface area (Å²) in [5.41, 5.74) is 3.27. The summed E-state index contributed by atoms with van der Waals surface area (Å²) in [6.45, 7) is 0. The molecule has 0 spiro atoms. The summed E-state index contributed by atoms with van der Waals surface area (Å²) in [5.74, 6) is 0. The van der Waals surface area contributed by atoms with E-state index in [1.165, 1.54) is 25.4 Å². The van der Waals surface area contributed by atoms with Crippen molar-refractivity contribution in [1.82, 2.24) is 9.38 Å². The van der Waals surface area contributed by atoms with Crippen molar-refractivity contribution in [2.75, 3.05) is 0 Å². The molecule has 3 aromatic carbocycles. The summed E-state index contributed by atoms with van der Waals surface area (Å²) < 4.78 is 4.92. The predicted molar refractivity (Wildman–Crippen MR) is 110 cm³/mol. The third-order valence-electron chi connectivity index (χ3n) is 4.49. The van der Waals surface area contributed by atoms with E-state index in [-0.39, 0.29) is 15.0 Å². The van der Waals surface area contributed by atoms with Crippen LogP contribution in [0.1, 0.15) is 0 Å². The van der Waals surface area contributed by atoms with Crippen molar-refractivity contribution >= 4 is 40.4 Å². The van der Waals surface area contributed by atoms with Crippen LogP contribution in [-0.2, 0) is 0 Å². The standard InChI is InChI=1S/C23H16N2Se/c1-2-10-18(11-3-1)22-23(25-16-7-6-15-21(25)24-22)26-20-14-8-12-17-9-4-5-13-19(17)20/h1-16H. The first-order chi connectivity index (χ1) is 12.9. The maximum atomic E-state index is 4.94. The van der Waals surface area contributed by atoms with E-state index in [1.807, 2.05) is 6.07 Å². The van der Waals surface area contributed by atoms with Gasteiger partial charge in [0.1, 0.15) is 0 Å². The number of pyridine rings is 1. The number of nitrogens with zero attached hydrogens (tertiary/aromatic N) is 2. The van der Waals surface area contributed by atoms with Crippen molar-refractivity contribution in [3.63, 3.8) is 0 Å². The van der Waals surface area contributed by atoms with Gasteiger partial charge in [0.2, 0.25) is 0 Å². The van der Waals surface area contributed by atoms with Crippen LogP contribution >= 0.6 is 0 Å². The maximum absolute atomic E-state index is 4.94. The molecule has 0 saturated carbocycles. The topological polar surface area (TPSA) is 17.3 Å². The van der Waals surface area contributed by atoms with E-state index in [1.54, 1.807) is 0 Å². The van der Waals surface area contributed by atoms with Crippen LogP contribution in [0, 0.1) is 0 Å². The average molecular weight is 399 g/mol. The van der Waals surface area contributed by atoms with Crippen molar-refractivity contribution in [3.05, 3.63) is 97.2 Å². The van der Waals surface area contributed by atoms with Gasteiger partial charge in [-0.3, -0.25) is 0 Å². The molecule has 0 N–H and O–H groups in total. The quantitative estimate of drug-likeness (QED) is 0.422. The van der Waals surface area contributed by atoms with Gasteiger partial charge in [-0.2, -0.15) is 0 Å². The Hall–Kier alpha value is -2.87. The summed E-state index contributed by atoms with van der Waals surface area (Å²) in [7, 11) is 0. The Morgan fingerprint density at radius 3 is 2.38 bits per heavy atom. The van der Waals surface area contributed by atoms with Crippen molar-refractivity contribution in [2.45, 2.75) is 0 Å². The molecule has 2 nitrogen and oxygen atoms in total. The number of imidazole rings is 1. The second-order valence-corrected chi connectivity index (χ2v) is 8.30. The molecule has 5 rings (SSSR count). The number of aromatic nitrogens is 2. The van der Waals surface area contributed by atoms with E-state index in [4.69, 9.17) is 4.98 Å². The zero-order valence-corrected chi connectivity index (χ0v) is 15.8. The molecule has 0 bridgehead atoms. The fraction of sp³-hybridized carbons (Fsp3) is 0. The summed E-state index contributed by atoms with van der Waals surface area (Å²) in [4.78, 5) is 4.94. The van der Waals surface area contributed by atoms with Crippen LogP contribution in [0.3, 0.4) is 0 Å². The Bertz CT molecular complexity index is 1200. The van der Waals surface area contributed by atoms with Gasteiger partial charge >= 0.3 is 158 Å². The molecule has 0 aliphatic rings. The number of hydrogen-bond donors (Lipinski definition) is 0. The van der Waals surface area contributed by atoms with Crippen LogP contribution in [0.25, 0.3) is 27.7 Å². The molecule has 0 radical (unpaired) electrons. The van der Waals surface area contributed by atoms with Gasteiger partial charge in [0.05, 0.1) is 0 Å². The van der Waals surface area contributed by atoms with E-state index in [0.717, 1.165) is 11.3 Å². The molecule has 0 atom stereocenters. The summed E-state index contributed by atoms with van der Waals surface area (Å²) in [6.07, 6.45) is 2.12. The third kappa shape index (κ3) is 2.62. The first kappa shape index (κ1) is 15.4. The molecule has 0 fully saturated rings. The van der Waals surface area contributed by atoms with E-state index < -0.39 is 0 Å². The van der Waals surface area contributed by atoms with E-state index in [0.29, 0.717) is 0 Å². The summed E-state index contributed by atoms with van der Waals surface area (Å²) in [5, 5.41) is 2.63. The minimum atomic E-state index is 0.146. The molecule has 2 aromatic heterocycles. The SMILES string of the molecule is c1ccc(-c2nc3ccccn3c2[Se]c2cccc3ccccc23)cc1. The minimum absolute atomic E-state index is 0.146. The normalized spacial score (nSPS) is 11.2. The van der Waals surface area contributed by atoms with Crippen LogP contribution in [-0.4, -0.2) is 24.3 Å². The molecule has 0 unspecified atom stereocenters. The van der Waals surface area contributed by atoms with Crippen LogP contribution < -0.4 is 9.05 Å².